The number of carbonyl (C=O) groups excluding carboxylic acids is 1. The lowest BCUT2D eigenvalue weighted by Gasteiger charge is -2.20. The quantitative estimate of drug-likeness (QED) is 0.811. The second-order valence-corrected chi connectivity index (χ2v) is 6.45. The smallest absolute Gasteiger partial charge is 0.243 e. The van der Waals surface area contributed by atoms with Crippen LogP contribution in [0, 0.1) is 0 Å². The molecule has 1 amide bonds. The van der Waals surface area contributed by atoms with E-state index in [1.807, 2.05) is 30.3 Å². The molecule has 0 aromatic heterocycles. The molecule has 3 rings (SSSR count). The third-order valence-corrected chi connectivity index (χ3v) is 4.29. The van der Waals surface area contributed by atoms with Crippen LogP contribution in [0.5, 0.6) is 0 Å². The Bertz CT molecular complexity index is 784. The van der Waals surface area contributed by atoms with Crippen LogP contribution in [0.4, 0.5) is 0 Å². The van der Waals surface area contributed by atoms with Crippen molar-refractivity contribution in [3.8, 4) is 0 Å². The normalized spacial score (nSPS) is 17.0. The third kappa shape index (κ3) is 3.15. The van der Waals surface area contributed by atoms with Gasteiger partial charge in [0.05, 0.1) is 10.6 Å². The van der Waals surface area contributed by atoms with E-state index in [1.54, 1.807) is 6.07 Å². The average molecular weight is 343 g/mol. The van der Waals surface area contributed by atoms with Gasteiger partial charge in [-0.15, -0.1) is 5.10 Å². The SMILES string of the molecule is CC(=O)N1N=C(c2ccccc2Cl)O[C@H]1c1ccc(C(C)C)cc1. The number of halogens is 1. The lowest BCUT2D eigenvalue weighted by Crippen LogP contribution is -2.25. The second kappa shape index (κ2) is 6.65. The highest BCUT2D eigenvalue weighted by molar-refractivity contribution is 6.33. The van der Waals surface area contributed by atoms with Crippen molar-refractivity contribution < 1.29 is 9.53 Å². The molecule has 1 atom stereocenters. The number of rotatable bonds is 3. The lowest BCUT2D eigenvalue weighted by atomic mass is 10.0. The van der Waals surface area contributed by atoms with Crippen molar-refractivity contribution in [1.29, 1.82) is 0 Å². The van der Waals surface area contributed by atoms with Gasteiger partial charge in [0.2, 0.25) is 18.0 Å². The van der Waals surface area contributed by atoms with Crippen molar-refractivity contribution >= 4 is 23.4 Å². The van der Waals surface area contributed by atoms with Gasteiger partial charge >= 0.3 is 0 Å². The summed E-state index contributed by atoms with van der Waals surface area (Å²) in [6.07, 6.45) is -0.574. The highest BCUT2D eigenvalue weighted by atomic mass is 35.5. The van der Waals surface area contributed by atoms with E-state index in [9.17, 15) is 4.79 Å². The van der Waals surface area contributed by atoms with Gasteiger partial charge in [-0.3, -0.25) is 4.79 Å². The van der Waals surface area contributed by atoms with E-state index in [2.05, 4.69) is 31.1 Å². The molecule has 1 heterocycles. The van der Waals surface area contributed by atoms with Crippen LogP contribution < -0.4 is 0 Å². The minimum absolute atomic E-state index is 0.185. The summed E-state index contributed by atoms with van der Waals surface area (Å²) in [5.41, 5.74) is 2.78. The van der Waals surface area contributed by atoms with Gasteiger partial charge in [0.1, 0.15) is 0 Å². The Labute approximate surface area is 146 Å². The van der Waals surface area contributed by atoms with Gasteiger partial charge < -0.3 is 4.74 Å². The number of hydrazone groups is 1. The Balaban J connectivity index is 1.92. The molecule has 0 bridgehead atoms. The van der Waals surface area contributed by atoms with Gasteiger partial charge in [-0.05, 0) is 23.6 Å². The molecule has 0 saturated heterocycles. The Kier molecular flexibility index (Phi) is 4.58. The van der Waals surface area contributed by atoms with E-state index < -0.39 is 6.23 Å². The summed E-state index contributed by atoms with van der Waals surface area (Å²) in [6.45, 7) is 5.75. The van der Waals surface area contributed by atoms with Gasteiger partial charge in [-0.2, -0.15) is 5.01 Å². The summed E-state index contributed by atoms with van der Waals surface area (Å²) in [5, 5.41) is 6.22. The van der Waals surface area contributed by atoms with Crippen LogP contribution in [0.15, 0.2) is 53.6 Å². The topological polar surface area (TPSA) is 41.9 Å². The summed E-state index contributed by atoms with van der Waals surface area (Å²) in [4.78, 5) is 12.0. The number of carbonyl (C=O) groups is 1. The Hall–Kier alpha value is -2.33. The fraction of sp³-hybridized carbons (Fsp3) is 0.263. The first-order chi connectivity index (χ1) is 11.5. The summed E-state index contributed by atoms with van der Waals surface area (Å²) in [6, 6.07) is 15.3. The maximum Gasteiger partial charge on any atom is 0.243 e. The number of ether oxygens (including phenoxy) is 1. The predicted octanol–water partition coefficient (Wildman–Crippen LogP) is 4.70. The molecule has 0 radical (unpaired) electrons. The van der Waals surface area contributed by atoms with E-state index in [-0.39, 0.29) is 5.91 Å². The van der Waals surface area contributed by atoms with Crippen molar-refractivity contribution in [3.63, 3.8) is 0 Å². The van der Waals surface area contributed by atoms with Gasteiger partial charge in [0, 0.05) is 12.5 Å². The molecular formula is C19H19ClN2O2. The molecule has 0 saturated carbocycles. The molecule has 4 nitrogen and oxygen atoms in total. The Morgan fingerprint density at radius 2 is 1.83 bits per heavy atom. The lowest BCUT2D eigenvalue weighted by molar-refractivity contribution is -0.135. The first-order valence-electron chi connectivity index (χ1n) is 7.87. The predicted molar refractivity (Wildman–Crippen MR) is 94.9 cm³/mol. The van der Waals surface area contributed by atoms with Crippen LogP contribution in [0.1, 0.15) is 49.6 Å². The number of nitrogens with zero attached hydrogens (tertiary/aromatic N) is 2. The Morgan fingerprint density at radius 3 is 2.42 bits per heavy atom. The first kappa shape index (κ1) is 16.5. The molecule has 5 heteroatoms. The average Bonchev–Trinajstić information content (AvgIpc) is 3.00. The van der Waals surface area contributed by atoms with Crippen LogP contribution in [-0.2, 0) is 9.53 Å². The molecule has 0 fully saturated rings. The molecular weight excluding hydrogens is 324 g/mol. The van der Waals surface area contributed by atoms with Crippen molar-refractivity contribution in [3.05, 3.63) is 70.2 Å². The minimum Gasteiger partial charge on any atom is -0.446 e. The van der Waals surface area contributed by atoms with Gasteiger partial charge in [0.15, 0.2) is 0 Å². The summed E-state index contributed by atoms with van der Waals surface area (Å²) < 4.78 is 5.96. The molecule has 2 aromatic carbocycles. The van der Waals surface area contributed by atoms with Gasteiger partial charge in [0.25, 0.3) is 0 Å². The monoisotopic (exact) mass is 342 g/mol. The van der Waals surface area contributed by atoms with Gasteiger partial charge in [-0.25, -0.2) is 0 Å². The standard InChI is InChI=1S/C19H19ClN2O2/c1-12(2)14-8-10-15(11-9-14)19-22(13(3)23)21-18(24-19)16-6-4-5-7-17(16)20/h4-12,19H,1-3H3/t19-/m0/s1. The summed E-state index contributed by atoms with van der Waals surface area (Å²) in [5.74, 6) is 0.617. The molecule has 1 aliphatic heterocycles. The molecule has 2 aromatic rings. The van der Waals surface area contributed by atoms with Crippen molar-refractivity contribution in [2.24, 2.45) is 5.10 Å². The van der Waals surface area contributed by atoms with Crippen molar-refractivity contribution in [2.75, 3.05) is 0 Å². The second-order valence-electron chi connectivity index (χ2n) is 6.04. The van der Waals surface area contributed by atoms with E-state index >= 15 is 0 Å². The zero-order valence-electron chi connectivity index (χ0n) is 13.9. The number of hydrogen-bond acceptors (Lipinski definition) is 3. The molecule has 24 heavy (non-hydrogen) atoms. The molecule has 0 aliphatic carbocycles. The van der Waals surface area contributed by atoms with E-state index in [0.29, 0.717) is 22.4 Å². The molecule has 0 N–H and O–H groups in total. The van der Waals surface area contributed by atoms with Crippen molar-refractivity contribution in [1.82, 2.24) is 5.01 Å². The zero-order valence-corrected chi connectivity index (χ0v) is 14.6. The zero-order chi connectivity index (χ0) is 17.3. The van der Waals surface area contributed by atoms with E-state index in [0.717, 1.165) is 5.56 Å². The van der Waals surface area contributed by atoms with Crippen LogP contribution in [0.3, 0.4) is 0 Å². The maximum absolute atomic E-state index is 12.0. The van der Waals surface area contributed by atoms with Gasteiger partial charge in [-0.1, -0.05) is 61.8 Å². The fourth-order valence-corrected chi connectivity index (χ4v) is 2.79. The van der Waals surface area contributed by atoms with E-state index in [1.165, 1.54) is 17.5 Å². The number of amides is 1. The van der Waals surface area contributed by atoms with Crippen LogP contribution in [0.2, 0.25) is 5.02 Å². The largest absolute Gasteiger partial charge is 0.446 e. The number of hydrogen-bond donors (Lipinski definition) is 0. The molecule has 1 aliphatic rings. The first-order valence-corrected chi connectivity index (χ1v) is 8.25. The third-order valence-electron chi connectivity index (χ3n) is 3.96. The van der Waals surface area contributed by atoms with Crippen LogP contribution in [-0.4, -0.2) is 16.8 Å². The fourth-order valence-electron chi connectivity index (χ4n) is 2.57. The summed E-state index contributed by atoms with van der Waals surface area (Å²) in [7, 11) is 0. The molecule has 124 valence electrons. The van der Waals surface area contributed by atoms with Crippen LogP contribution in [0.25, 0.3) is 0 Å². The molecule has 0 spiro atoms. The minimum atomic E-state index is -0.574. The van der Waals surface area contributed by atoms with E-state index in [4.69, 9.17) is 16.3 Å². The number of benzene rings is 2. The molecule has 0 unspecified atom stereocenters. The summed E-state index contributed by atoms with van der Waals surface area (Å²) >= 11 is 6.22. The van der Waals surface area contributed by atoms with Crippen LogP contribution >= 0.6 is 11.6 Å². The van der Waals surface area contributed by atoms with Crippen molar-refractivity contribution in [2.45, 2.75) is 32.9 Å². The maximum atomic E-state index is 12.0. The highest BCUT2D eigenvalue weighted by Gasteiger charge is 2.33. The highest BCUT2D eigenvalue weighted by Crippen LogP contribution is 2.32. The Morgan fingerprint density at radius 1 is 1.17 bits per heavy atom.